The Morgan fingerprint density at radius 2 is 1.32 bits per heavy atom. The number of carbonyl (C=O) groups is 2. The predicted molar refractivity (Wildman–Crippen MR) is 91.9 cm³/mol. The van der Waals surface area contributed by atoms with E-state index in [9.17, 15) is 9.59 Å². The Labute approximate surface area is 134 Å². The van der Waals surface area contributed by atoms with Crippen molar-refractivity contribution in [3.8, 4) is 0 Å². The van der Waals surface area contributed by atoms with Crippen molar-refractivity contribution in [2.24, 2.45) is 5.92 Å². The molecule has 5 heteroatoms. The third kappa shape index (κ3) is 4.23. The van der Waals surface area contributed by atoms with Gasteiger partial charge in [0.15, 0.2) is 0 Å². The zero-order valence-corrected chi connectivity index (χ0v) is 12.9. The number of benzene rings is 2. The van der Waals surface area contributed by atoms with E-state index in [0.29, 0.717) is 5.69 Å². The summed E-state index contributed by atoms with van der Waals surface area (Å²) in [5, 5.41) is 5.64. The van der Waals surface area contributed by atoms with Gasteiger partial charge < -0.3 is 10.6 Å². The second-order valence-corrected chi connectivity index (χ2v) is 5.19. The minimum Gasteiger partial charge on any atom is -0.349 e. The van der Waals surface area contributed by atoms with Crippen molar-refractivity contribution >= 4 is 40.3 Å². The lowest BCUT2D eigenvalue weighted by Gasteiger charge is -2.16. The van der Waals surface area contributed by atoms with Crippen LogP contribution in [0.5, 0.6) is 0 Å². The van der Waals surface area contributed by atoms with Gasteiger partial charge in [0, 0.05) is 11.4 Å². The Morgan fingerprint density at radius 1 is 0.864 bits per heavy atom. The number of nitrogens with one attached hydrogen (secondary N) is 2. The summed E-state index contributed by atoms with van der Waals surface area (Å²) >= 11 is 5.23. The summed E-state index contributed by atoms with van der Waals surface area (Å²) in [4.78, 5) is 24.3. The lowest BCUT2D eigenvalue weighted by molar-refractivity contribution is -0.126. The third-order valence-corrected chi connectivity index (χ3v) is 3.35. The normalized spacial score (nSPS) is 11.3. The van der Waals surface area contributed by atoms with Crippen molar-refractivity contribution in [2.75, 3.05) is 10.6 Å². The maximum Gasteiger partial charge on any atom is 0.241 e. The molecule has 0 radical (unpaired) electrons. The van der Waals surface area contributed by atoms with Gasteiger partial charge in [-0.2, -0.15) is 0 Å². The Hall–Kier alpha value is -2.53. The second-order valence-electron chi connectivity index (χ2n) is 4.75. The molecule has 1 atom stereocenters. The zero-order chi connectivity index (χ0) is 15.9. The quantitative estimate of drug-likeness (QED) is 0.657. The number of amides is 1. The summed E-state index contributed by atoms with van der Waals surface area (Å²) in [5.41, 5.74) is 1.37. The van der Waals surface area contributed by atoms with Crippen LogP contribution in [0.2, 0.25) is 0 Å². The summed E-state index contributed by atoms with van der Waals surface area (Å²) in [6.07, 6.45) is 0. The van der Waals surface area contributed by atoms with Crippen LogP contribution in [0.1, 0.15) is 6.92 Å². The molecule has 0 heterocycles. The Morgan fingerprint density at radius 3 is 1.77 bits per heavy atom. The lowest BCUT2D eigenvalue weighted by atomic mass is 10.0. The van der Waals surface area contributed by atoms with Crippen molar-refractivity contribution in [1.82, 2.24) is 0 Å². The fourth-order valence-corrected chi connectivity index (χ4v) is 2.35. The first-order valence-corrected chi connectivity index (χ1v) is 7.21. The number of thiocarbonyl (C=S) groups is 1. The van der Waals surface area contributed by atoms with Crippen LogP contribution in [0, 0.1) is 5.92 Å². The average molecular weight is 312 g/mol. The van der Waals surface area contributed by atoms with Crippen molar-refractivity contribution in [3.63, 3.8) is 0 Å². The summed E-state index contributed by atoms with van der Waals surface area (Å²) in [6, 6.07) is 18.2. The van der Waals surface area contributed by atoms with E-state index in [1.54, 1.807) is 24.3 Å². The van der Waals surface area contributed by atoms with Crippen LogP contribution in [0.4, 0.5) is 11.4 Å². The topological polar surface area (TPSA) is 58.2 Å². The van der Waals surface area contributed by atoms with Gasteiger partial charge in [0.1, 0.15) is 11.7 Å². The maximum atomic E-state index is 12.3. The molecule has 0 unspecified atom stereocenters. The van der Waals surface area contributed by atoms with Crippen LogP contribution < -0.4 is 10.6 Å². The fourth-order valence-electron chi connectivity index (χ4n) is 1.96. The highest BCUT2D eigenvalue weighted by Gasteiger charge is 2.28. The highest BCUT2D eigenvalue weighted by Crippen LogP contribution is 2.13. The monoisotopic (exact) mass is 312 g/mol. The molecule has 112 valence electrons. The van der Waals surface area contributed by atoms with Crippen LogP contribution in [-0.2, 0) is 9.59 Å². The maximum absolute atomic E-state index is 12.3. The van der Waals surface area contributed by atoms with Crippen molar-refractivity contribution in [3.05, 3.63) is 60.7 Å². The smallest absolute Gasteiger partial charge is 0.241 e. The number of hydrogen-bond acceptors (Lipinski definition) is 3. The van der Waals surface area contributed by atoms with E-state index in [4.69, 9.17) is 12.2 Å². The van der Waals surface area contributed by atoms with E-state index >= 15 is 0 Å². The van der Waals surface area contributed by atoms with Gasteiger partial charge in [-0.25, -0.2) is 0 Å². The largest absolute Gasteiger partial charge is 0.349 e. The Bertz CT molecular complexity index is 618. The number of Topliss-reactive ketones (excluding diaryl/α,β-unsaturated/α-hetero) is 1. The van der Waals surface area contributed by atoms with Crippen LogP contribution >= 0.6 is 12.2 Å². The van der Waals surface area contributed by atoms with Gasteiger partial charge in [-0.3, -0.25) is 9.59 Å². The van der Waals surface area contributed by atoms with Crippen molar-refractivity contribution in [2.45, 2.75) is 6.92 Å². The molecule has 2 N–H and O–H groups in total. The van der Waals surface area contributed by atoms with Gasteiger partial charge in [-0.05, 0) is 31.2 Å². The standard InChI is InChI=1S/C17H16N2O2S/c1-12(20)15(16(21)18-13-8-4-2-5-9-13)17(22)19-14-10-6-3-7-11-14/h2-11,15H,1H3,(H,18,21)(H,19,22)/t15-/m0/s1. The van der Waals surface area contributed by atoms with Gasteiger partial charge in [-0.1, -0.05) is 48.6 Å². The minimum atomic E-state index is -1.02. The SMILES string of the molecule is CC(=O)[C@@H](C(=O)Nc1ccccc1)C(=S)Nc1ccccc1. The minimum absolute atomic E-state index is 0.187. The molecule has 0 aliphatic rings. The molecule has 0 fully saturated rings. The fraction of sp³-hybridized carbons (Fsp3) is 0.118. The van der Waals surface area contributed by atoms with E-state index in [1.165, 1.54) is 6.92 Å². The highest BCUT2D eigenvalue weighted by molar-refractivity contribution is 7.80. The van der Waals surface area contributed by atoms with Gasteiger partial charge in [0.2, 0.25) is 5.91 Å². The molecule has 1 amide bonds. The van der Waals surface area contributed by atoms with Gasteiger partial charge in [0.05, 0.1) is 4.99 Å². The molecular formula is C17H16N2O2S. The van der Waals surface area contributed by atoms with Crippen LogP contribution in [-0.4, -0.2) is 16.7 Å². The zero-order valence-electron chi connectivity index (χ0n) is 12.1. The van der Waals surface area contributed by atoms with Crippen molar-refractivity contribution < 1.29 is 9.59 Å². The number of anilines is 2. The molecule has 0 aliphatic heterocycles. The lowest BCUT2D eigenvalue weighted by Crippen LogP contribution is -2.37. The van der Waals surface area contributed by atoms with E-state index in [0.717, 1.165) is 5.69 Å². The number of ketones is 1. The highest BCUT2D eigenvalue weighted by atomic mass is 32.1. The molecule has 0 spiro atoms. The molecular weight excluding hydrogens is 296 g/mol. The predicted octanol–water partition coefficient (Wildman–Crippen LogP) is 3.27. The average Bonchev–Trinajstić information content (AvgIpc) is 2.48. The second kappa shape index (κ2) is 7.47. The summed E-state index contributed by atoms with van der Waals surface area (Å²) in [7, 11) is 0. The number of hydrogen-bond donors (Lipinski definition) is 2. The molecule has 2 rings (SSSR count). The first kappa shape index (κ1) is 15.9. The summed E-state index contributed by atoms with van der Waals surface area (Å²) in [6.45, 7) is 1.36. The molecule has 0 saturated carbocycles. The van der Waals surface area contributed by atoms with Crippen molar-refractivity contribution in [1.29, 1.82) is 0 Å². The van der Waals surface area contributed by atoms with E-state index in [-0.39, 0.29) is 10.8 Å². The van der Waals surface area contributed by atoms with Gasteiger partial charge in [0.25, 0.3) is 0 Å². The third-order valence-electron chi connectivity index (χ3n) is 3.01. The van der Waals surface area contributed by atoms with E-state index < -0.39 is 11.8 Å². The molecule has 0 saturated heterocycles. The molecule has 2 aromatic rings. The molecule has 0 aromatic heterocycles. The number of carbonyl (C=O) groups excluding carboxylic acids is 2. The van der Waals surface area contributed by atoms with Crippen LogP contribution in [0.3, 0.4) is 0 Å². The Kier molecular flexibility index (Phi) is 5.38. The van der Waals surface area contributed by atoms with Gasteiger partial charge >= 0.3 is 0 Å². The first-order valence-electron chi connectivity index (χ1n) is 6.80. The Balaban J connectivity index is 2.10. The molecule has 22 heavy (non-hydrogen) atoms. The number of para-hydroxylation sites is 2. The molecule has 2 aromatic carbocycles. The summed E-state index contributed by atoms with van der Waals surface area (Å²) < 4.78 is 0. The first-order chi connectivity index (χ1) is 10.6. The molecule has 4 nitrogen and oxygen atoms in total. The van der Waals surface area contributed by atoms with Crippen LogP contribution in [0.15, 0.2) is 60.7 Å². The van der Waals surface area contributed by atoms with Gasteiger partial charge in [-0.15, -0.1) is 0 Å². The van der Waals surface area contributed by atoms with E-state index in [1.807, 2.05) is 36.4 Å². The van der Waals surface area contributed by atoms with E-state index in [2.05, 4.69) is 10.6 Å². The summed E-state index contributed by atoms with van der Waals surface area (Å²) in [5.74, 6) is -1.76. The molecule has 0 bridgehead atoms. The van der Waals surface area contributed by atoms with Crippen LogP contribution in [0.25, 0.3) is 0 Å². The number of rotatable bonds is 5. The molecule has 0 aliphatic carbocycles.